The standard InChI is InChI=1S/C20H23N3O4S/c1-27-13-12-23-18(24)14-28(26)20(23)8-10-22(11-9-20)19(25)17-7-6-15-4-2-3-5-16(15)21-17/h2-7H,8-14H2,1H3. The third kappa shape index (κ3) is 3.20. The Balaban J connectivity index is 1.50. The molecule has 1 aromatic heterocycles. The van der Waals surface area contributed by atoms with Gasteiger partial charge in [0.05, 0.1) is 22.9 Å². The lowest BCUT2D eigenvalue weighted by Crippen LogP contribution is -2.56. The van der Waals surface area contributed by atoms with Crippen LogP contribution in [0.4, 0.5) is 0 Å². The zero-order chi connectivity index (χ0) is 19.7. The molecular formula is C20H23N3O4S. The number of benzene rings is 1. The lowest BCUT2D eigenvalue weighted by Gasteiger charge is -2.43. The van der Waals surface area contributed by atoms with Crippen molar-refractivity contribution in [3.8, 4) is 0 Å². The predicted molar refractivity (Wildman–Crippen MR) is 106 cm³/mol. The Morgan fingerprint density at radius 2 is 1.96 bits per heavy atom. The highest BCUT2D eigenvalue weighted by Crippen LogP contribution is 2.37. The lowest BCUT2D eigenvalue weighted by atomic mass is 10.0. The highest BCUT2D eigenvalue weighted by molar-refractivity contribution is 7.87. The van der Waals surface area contributed by atoms with E-state index in [1.165, 1.54) is 0 Å². The smallest absolute Gasteiger partial charge is 0.272 e. The number of aromatic nitrogens is 1. The van der Waals surface area contributed by atoms with Gasteiger partial charge in [0.25, 0.3) is 5.91 Å². The van der Waals surface area contributed by atoms with Crippen LogP contribution in [0.25, 0.3) is 10.9 Å². The van der Waals surface area contributed by atoms with Gasteiger partial charge in [0.2, 0.25) is 5.91 Å². The van der Waals surface area contributed by atoms with Crippen molar-refractivity contribution in [2.75, 3.05) is 39.1 Å². The molecule has 3 heterocycles. The second-order valence-electron chi connectivity index (χ2n) is 7.16. The van der Waals surface area contributed by atoms with Crippen LogP contribution in [-0.4, -0.2) is 74.8 Å². The van der Waals surface area contributed by atoms with Crippen molar-refractivity contribution >= 4 is 33.5 Å². The maximum Gasteiger partial charge on any atom is 0.272 e. The van der Waals surface area contributed by atoms with Gasteiger partial charge in [-0.1, -0.05) is 24.3 Å². The molecule has 0 aliphatic carbocycles. The molecule has 28 heavy (non-hydrogen) atoms. The number of rotatable bonds is 4. The molecule has 2 aliphatic heterocycles. The molecule has 148 valence electrons. The fraction of sp³-hybridized carbons (Fsp3) is 0.450. The zero-order valence-corrected chi connectivity index (χ0v) is 16.6. The SMILES string of the molecule is COCCN1C(=O)CS(=O)C12CCN(C(=O)c1ccc3ccccc3n1)CC2. The van der Waals surface area contributed by atoms with Crippen molar-refractivity contribution in [1.29, 1.82) is 0 Å². The third-order valence-electron chi connectivity index (χ3n) is 5.64. The number of fused-ring (bicyclic) bond motifs is 1. The minimum Gasteiger partial charge on any atom is -0.383 e. The van der Waals surface area contributed by atoms with E-state index in [1.807, 2.05) is 30.3 Å². The molecule has 2 fully saturated rings. The summed E-state index contributed by atoms with van der Waals surface area (Å²) in [5.41, 5.74) is 1.20. The van der Waals surface area contributed by atoms with E-state index in [0.717, 1.165) is 10.9 Å². The summed E-state index contributed by atoms with van der Waals surface area (Å²) in [7, 11) is 0.330. The molecule has 8 heteroatoms. The number of pyridine rings is 1. The fourth-order valence-corrected chi connectivity index (χ4v) is 5.82. The maximum absolute atomic E-state index is 12.9. The van der Waals surface area contributed by atoms with E-state index < -0.39 is 15.7 Å². The van der Waals surface area contributed by atoms with Crippen LogP contribution in [-0.2, 0) is 20.3 Å². The number of para-hydroxylation sites is 1. The predicted octanol–water partition coefficient (Wildman–Crippen LogP) is 1.40. The summed E-state index contributed by atoms with van der Waals surface area (Å²) in [4.78, 5) is 32.5. The quantitative estimate of drug-likeness (QED) is 0.774. The van der Waals surface area contributed by atoms with E-state index in [-0.39, 0.29) is 17.6 Å². The van der Waals surface area contributed by atoms with Crippen molar-refractivity contribution in [3.63, 3.8) is 0 Å². The molecule has 2 saturated heterocycles. The number of ether oxygens (including phenoxy) is 1. The highest BCUT2D eigenvalue weighted by atomic mass is 32.2. The van der Waals surface area contributed by atoms with Gasteiger partial charge in [-0.2, -0.15) is 0 Å². The van der Waals surface area contributed by atoms with E-state index in [1.54, 1.807) is 23.0 Å². The van der Waals surface area contributed by atoms with E-state index in [0.29, 0.717) is 44.8 Å². The summed E-state index contributed by atoms with van der Waals surface area (Å²) >= 11 is 0. The summed E-state index contributed by atoms with van der Waals surface area (Å²) in [6.07, 6.45) is 1.02. The van der Waals surface area contributed by atoms with Crippen LogP contribution in [0.1, 0.15) is 23.3 Å². The Labute approximate surface area is 166 Å². The number of nitrogens with zero attached hydrogens (tertiary/aromatic N) is 3. The van der Waals surface area contributed by atoms with Gasteiger partial charge in [-0.05, 0) is 12.1 Å². The van der Waals surface area contributed by atoms with Gasteiger partial charge in [0, 0.05) is 45.0 Å². The number of methoxy groups -OCH3 is 1. The van der Waals surface area contributed by atoms with E-state index in [4.69, 9.17) is 4.74 Å². The minimum absolute atomic E-state index is 0.0594. The zero-order valence-electron chi connectivity index (χ0n) is 15.8. The van der Waals surface area contributed by atoms with Crippen LogP contribution in [0.5, 0.6) is 0 Å². The van der Waals surface area contributed by atoms with Gasteiger partial charge in [0.15, 0.2) is 0 Å². The first kappa shape index (κ1) is 19.0. The summed E-state index contributed by atoms with van der Waals surface area (Å²) < 4.78 is 17.8. The van der Waals surface area contributed by atoms with E-state index >= 15 is 0 Å². The molecule has 0 radical (unpaired) electrons. The summed E-state index contributed by atoms with van der Waals surface area (Å²) in [6, 6.07) is 11.3. The van der Waals surface area contributed by atoms with Crippen LogP contribution in [0.15, 0.2) is 36.4 Å². The summed E-state index contributed by atoms with van der Waals surface area (Å²) in [6.45, 7) is 1.75. The van der Waals surface area contributed by atoms with E-state index in [2.05, 4.69) is 4.98 Å². The van der Waals surface area contributed by atoms with Crippen molar-refractivity contribution in [1.82, 2.24) is 14.8 Å². The van der Waals surface area contributed by atoms with Gasteiger partial charge < -0.3 is 14.5 Å². The molecule has 1 atom stereocenters. The maximum atomic E-state index is 12.9. The van der Waals surface area contributed by atoms with Crippen molar-refractivity contribution in [2.45, 2.75) is 17.7 Å². The van der Waals surface area contributed by atoms with Crippen LogP contribution < -0.4 is 0 Å². The summed E-state index contributed by atoms with van der Waals surface area (Å²) in [5, 5.41) is 0.991. The first-order chi connectivity index (χ1) is 13.5. The second kappa shape index (κ2) is 7.60. The number of piperidine rings is 1. The Morgan fingerprint density at radius 3 is 2.71 bits per heavy atom. The Hall–Kier alpha value is -2.32. The molecule has 0 bridgehead atoms. The molecule has 2 aliphatic rings. The number of hydrogen-bond donors (Lipinski definition) is 0. The number of carbonyl (C=O) groups excluding carboxylic acids is 2. The normalized spacial score (nSPS) is 21.6. The first-order valence-electron chi connectivity index (χ1n) is 9.38. The van der Waals surface area contributed by atoms with E-state index in [9.17, 15) is 13.8 Å². The molecule has 4 rings (SSSR count). The monoisotopic (exact) mass is 401 g/mol. The van der Waals surface area contributed by atoms with Crippen molar-refractivity contribution in [3.05, 3.63) is 42.1 Å². The average Bonchev–Trinajstić information content (AvgIpc) is 2.95. The van der Waals surface area contributed by atoms with Gasteiger partial charge in [-0.25, -0.2) is 4.98 Å². The fourth-order valence-electron chi connectivity index (χ4n) is 4.09. The molecule has 1 unspecified atom stereocenters. The highest BCUT2D eigenvalue weighted by Gasteiger charge is 2.53. The van der Waals surface area contributed by atoms with Gasteiger partial charge >= 0.3 is 0 Å². The second-order valence-corrected chi connectivity index (χ2v) is 8.90. The van der Waals surface area contributed by atoms with Crippen LogP contribution in [0.3, 0.4) is 0 Å². The molecule has 0 N–H and O–H groups in total. The molecule has 1 spiro atoms. The van der Waals surface area contributed by atoms with Gasteiger partial charge in [-0.3, -0.25) is 13.8 Å². The molecule has 0 saturated carbocycles. The summed E-state index contributed by atoms with van der Waals surface area (Å²) in [5.74, 6) is -0.158. The Bertz CT molecular complexity index is 940. The number of hydrogen-bond acceptors (Lipinski definition) is 5. The first-order valence-corrected chi connectivity index (χ1v) is 10.7. The number of likely N-dealkylation sites (tertiary alicyclic amines) is 1. The minimum atomic E-state index is -1.26. The van der Waals surface area contributed by atoms with Crippen LogP contribution in [0, 0.1) is 0 Å². The lowest BCUT2D eigenvalue weighted by molar-refractivity contribution is -0.131. The number of amides is 2. The molecule has 7 nitrogen and oxygen atoms in total. The molecular weight excluding hydrogens is 378 g/mol. The van der Waals surface area contributed by atoms with Crippen molar-refractivity contribution in [2.24, 2.45) is 0 Å². The average molecular weight is 401 g/mol. The van der Waals surface area contributed by atoms with Crippen LogP contribution in [0.2, 0.25) is 0 Å². The molecule has 2 aromatic rings. The molecule has 1 aromatic carbocycles. The topological polar surface area (TPSA) is 79.8 Å². The van der Waals surface area contributed by atoms with Gasteiger partial charge in [0.1, 0.15) is 16.3 Å². The third-order valence-corrected chi connectivity index (χ3v) is 7.63. The Morgan fingerprint density at radius 1 is 1.21 bits per heavy atom. The van der Waals surface area contributed by atoms with Gasteiger partial charge in [-0.15, -0.1) is 0 Å². The van der Waals surface area contributed by atoms with Crippen molar-refractivity contribution < 1.29 is 18.5 Å². The largest absolute Gasteiger partial charge is 0.383 e. The molecule has 2 amide bonds. The van der Waals surface area contributed by atoms with Crippen LogP contribution >= 0.6 is 0 Å². The number of carbonyl (C=O) groups is 2. The Kier molecular flexibility index (Phi) is 5.16.